The van der Waals surface area contributed by atoms with Crippen molar-refractivity contribution >= 4 is 33.2 Å². The quantitative estimate of drug-likeness (QED) is 0.672. The Balaban J connectivity index is 1.78. The van der Waals surface area contributed by atoms with E-state index in [-0.39, 0.29) is 19.1 Å². The number of rotatable bonds is 5. The maximum atomic E-state index is 12.5. The van der Waals surface area contributed by atoms with E-state index in [1.165, 1.54) is 11.5 Å². The van der Waals surface area contributed by atoms with Crippen molar-refractivity contribution in [2.75, 3.05) is 11.9 Å². The van der Waals surface area contributed by atoms with E-state index >= 15 is 0 Å². The Morgan fingerprint density at radius 2 is 2.04 bits per heavy atom. The van der Waals surface area contributed by atoms with Crippen LogP contribution in [-0.4, -0.2) is 21.9 Å². The number of nitrogens with zero attached hydrogens (tertiary/aromatic N) is 1. The predicted molar refractivity (Wildman–Crippen MR) is 92.4 cm³/mol. The number of nitrogens with two attached hydrogens (primary N) is 1. The van der Waals surface area contributed by atoms with Crippen LogP contribution in [0.25, 0.3) is 10.1 Å². The van der Waals surface area contributed by atoms with Gasteiger partial charge in [0, 0.05) is 23.8 Å². The largest absolute Gasteiger partial charge is 0.392 e. The topological polar surface area (TPSA) is 88.2 Å². The highest BCUT2D eigenvalue weighted by Crippen LogP contribution is 2.24. The van der Waals surface area contributed by atoms with Gasteiger partial charge in [0.05, 0.1) is 17.2 Å². The summed E-state index contributed by atoms with van der Waals surface area (Å²) in [5.74, 6) is -0.576. The number of hydrogen-bond donors (Lipinski definition) is 3. The van der Waals surface area contributed by atoms with Crippen molar-refractivity contribution in [1.82, 2.24) is 4.37 Å². The smallest absolute Gasteiger partial charge is 0.233 e. The third-order valence-corrected chi connectivity index (χ3v) is 4.50. The molecule has 0 saturated heterocycles. The minimum absolute atomic E-state index is 0.0192. The maximum Gasteiger partial charge on any atom is 0.233 e. The molecule has 0 bridgehead atoms. The first kappa shape index (κ1) is 15.6. The summed E-state index contributed by atoms with van der Waals surface area (Å²) in [6.07, 6.45) is 1.80. The van der Waals surface area contributed by atoms with E-state index in [2.05, 4.69) is 9.69 Å². The van der Waals surface area contributed by atoms with Crippen molar-refractivity contribution in [2.24, 2.45) is 5.73 Å². The first-order valence-corrected chi connectivity index (χ1v) is 8.03. The highest BCUT2D eigenvalue weighted by Gasteiger charge is 2.19. The monoisotopic (exact) mass is 327 g/mol. The molecule has 0 aliphatic rings. The van der Waals surface area contributed by atoms with Crippen LogP contribution in [0.2, 0.25) is 0 Å². The number of aliphatic hydroxyl groups excluding tert-OH is 1. The first-order valence-electron chi connectivity index (χ1n) is 7.26. The zero-order valence-electron chi connectivity index (χ0n) is 12.4. The Labute approximate surface area is 137 Å². The molecule has 0 radical (unpaired) electrons. The normalized spacial score (nSPS) is 12.3. The highest BCUT2D eigenvalue weighted by molar-refractivity contribution is 7.13. The van der Waals surface area contributed by atoms with E-state index in [9.17, 15) is 4.79 Å². The van der Waals surface area contributed by atoms with Gasteiger partial charge in [0.25, 0.3) is 0 Å². The lowest BCUT2D eigenvalue weighted by atomic mass is 9.97. The summed E-state index contributed by atoms with van der Waals surface area (Å²) in [4.78, 5) is 12.5. The lowest BCUT2D eigenvalue weighted by Crippen LogP contribution is -2.27. The minimum atomic E-state index is -0.431. The number of hydrogen-bond acceptors (Lipinski definition) is 5. The maximum absolute atomic E-state index is 12.5. The van der Waals surface area contributed by atoms with Crippen molar-refractivity contribution in [3.63, 3.8) is 0 Å². The second-order valence-electron chi connectivity index (χ2n) is 5.26. The number of aromatic nitrogens is 1. The molecular formula is C17H17N3O2S. The van der Waals surface area contributed by atoms with Crippen LogP contribution in [0.5, 0.6) is 0 Å². The second-order valence-corrected chi connectivity index (χ2v) is 6.09. The van der Waals surface area contributed by atoms with Crippen molar-refractivity contribution in [3.8, 4) is 0 Å². The highest BCUT2D eigenvalue weighted by atomic mass is 32.1. The zero-order valence-corrected chi connectivity index (χ0v) is 13.2. The fourth-order valence-electron chi connectivity index (χ4n) is 2.42. The van der Waals surface area contributed by atoms with Gasteiger partial charge in [0.1, 0.15) is 0 Å². The molecule has 0 saturated carbocycles. The van der Waals surface area contributed by atoms with Gasteiger partial charge in [-0.3, -0.25) is 4.79 Å². The van der Waals surface area contributed by atoms with Gasteiger partial charge in [-0.2, -0.15) is 4.37 Å². The van der Waals surface area contributed by atoms with E-state index < -0.39 is 5.92 Å². The van der Waals surface area contributed by atoms with Crippen LogP contribution in [0.15, 0.2) is 48.7 Å². The SMILES string of the molecule is NC[C@@H](C(=O)Nc1ccc2cnsc2c1)c1ccc(CO)cc1. The minimum Gasteiger partial charge on any atom is -0.392 e. The van der Waals surface area contributed by atoms with Crippen LogP contribution < -0.4 is 11.1 Å². The van der Waals surface area contributed by atoms with Gasteiger partial charge in [0.2, 0.25) is 5.91 Å². The zero-order chi connectivity index (χ0) is 16.2. The third kappa shape index (κ3) is 3.39. The Morgan fingerprint density at radius 1 is 1.26 bits per heavy atom. The van der Waals surface area contributed by atoms with Gasteiger partial charge in [0.15, 0.2) is 0 Å². The molecule has 118 valence electrons. The number of carbonyl (C=O) groups is 1. The average molecular weight is 327 g/mol. The number of anilines is 1. The standard InChI is InChI=1S/C17H17N3O2S/c18-8-15(12-3-1-11(10-21)2-4-12)17(22)20-14-6-5-13-9-19-23-16(13)7-14/h1-7,9,15,21H,8,10,18H2,(H,20,22)/t15-/m1/s1. The van der Waals surface area contributed by atoms with Crippen LogP contribution in [0.3, 0.4) is 0 Å². The molecule has 1 amide bonds. The van der Waals surface area contributed by atoms with E-state index in [1.807, 2.05) is 30.3 Å². The van der Waals surface area contributed by atoms with Crippen LogP contribution >= 0.6 is 11.5 Å². The van der Waals surface area contributed by atoms with Crippen LogP contribution in [0, 0.1) is 0 Å². The molecule has 0 fully saturated rings. The Bertz CT molecular complexity index is 814. The number of fused-ring (bicyclic) bond motifs is 1. The molecule has 23 heavy (non-hydrogen) atoms. The molecule has 6 heteroatoms. The Kier molecular flexibility index (Phi) is 4.66. The van der Waals surface area contributed by atoms with E-state index in [4.69, 9.17) is 10.8 Å². The van der Waals surface area contributed by atoms with Gasteiger partial charge in [-0.05, 0) is 40.9 Å². The molecule has 0 aliphatic carbocycles. The van der Waals surface area contributed by atoms with Crippen LogP contribution in [0.1, 0.15) is 17.0 Å². The number of amides is 1. The third-order valence-electron chi connectivity index (χ3n) is 3.74. The molecule has 2 aromatic carbocycles. The summed E-state index contributed by atoms with van der Waals surface area (Å²) in [5.41, 5.74) is 8.16. The summed E-state index contributed by atoms with van der Waals surface area (Å²) in [5, 5.41) is 13.1. The Morgan fingerprint density at radius 3 is 2.74 bits per heavy atom. The molecule has 0 aliphatic heterocycles. The fourth-order valence-corrected chi connectivity index (χ4v) is 3.10. The summed E-state index contributed by atoms with van der Waals surface area (Å²) in [7, 11) is 0. The van der Waals surface area contributed by atoms with Crippen molar-refractivity contribution in [1.29, 1.82) is 0 Å². The lowest BCUT2D eigenvalue weighted by molar-refractivity contribution is -0.117. The van der Waals surface area contributed by atoms with Gasteiger partial charge in [-0.1, -0.05) is 24.3 Å². The molecule has 1 heterocycles. The molecule has 1 atom stereocenters. The summed E-state index contributed by atoms with van der Waals surface area (Å²) < 4.78 is 5.15. The van der Waals surface area contributed by atoms with Gasteiger partial charge in [-0.15, -0.1) is 0 Å². The van der Waals surface area contributed by atoms with Crippen molar-refractivity contribution < 1.29 is 9.90 Å². The molecule has 0 spiro atoms. The number of carbonyl (C=O) groups excluding carboxylic acids is 1. The molecule has 4 N–H and O–H groups in total. The summed E-state index contributed by atoms with van der Waals surface area (Å²) >= 11 is 1.39. The molecule has 5 nitrogen and oxygen atoms in total. The van der Waals surface area contributed by atoms with Crippen LogP contribution in [0.4, 0.5) is 5.69 Å². The van der Waals surface area contributed by atoms with Gasteiger partial charge < -0.3 is 16.2 Å². The summed E-state index contributed by atoms with van der Waals surface area (Å²) in [6, 6.07) is 13.0. The van der Waals surface area contributed by atoms with Crippen LogP contribution in [-0.2, 0) is 11.4 Å². The molecule has 1 aromatic heterocycles. The molecule has 3 rings (SSSR count). The Hall–Kier alpha value is -2.28. The summed E-state index contributed by atoms with van der Waals surface area (Å²) in [6.45, 7) is 0.196. The van der Waals surface area contributed by atoms with E-state index in [0.29, 0.717) is 0 Å². The van der Waals surface area contributed by atoms with Gasteiger partial charge >= 0.3 is 0 Å². The van der Waals surface area contributed by atoms with Crippen molar-refractivity contribution in [3.05, 3.63) is 59.8 Å². The van der Waals surface area contributed by atoms with Gasteiger partial charge in [-0.25, -0.2) is 0 Å². The van der Waals surface area contributed by atoms with E-state index in [1.54, 1.807) is 18.3 Å². The van der Waals surface area contributed by atoms with E-state index in [0.717, 1.165) is 26.9 Å². The predicted octanol–water partition coefficient (Wildman–Crippen LogP) is 2.47. The first-order chi connectivity index (χ1) is 11.2. The number of nitrogens with one attached hydrogen (secondary N) is 1. The number of aliphatic hydroxyl groups is 1. The second kappa shape index (κ2) is 6.87. The number of benzene rings is 2. The van der Waals surface area contributed by atoms with Crippen molar-refractivity contribution in [2.45, 2.75) is 12.5 Å². The molecule has 3 aromatic rings. The fraction of sp³-hybridized carbons (Fsp3) is 0.176. The lowest BCUT2D eigenvalue weighted by Gasteiger charge is -2.16. The average Bonchev–Trinajstić information content (AvgIpc) is 3.04. The molecule has 0 unspecified atom stereocenters. The molecular weight excluding hydrogens is 310 g/mol.